The van der Waals surface area contributed by atoms with Gasteiger partial charge < -0.3 is 49.8 Å². The van der Waals surface area contributed by atoms with E-state index in [1.165, 1.54) is 20.0 Å². The molecule has 3 rings (SSSR count). The molecule has 2 fully saturated rings. The number of aromatic nitrogens is 3. The van der Waals surface area contributed by atoms with Gasteiger partial charge in [0.05, 0.1) is 26.0 Å². The monoisotopic (exact) mass is 476 g/mol. The summed E-state index contributed by atoms with van der Waals surface area (Å²) in [6.07, 6.45) is -11.1. The van der Waals surface area contributed by atoms with Gasteiger partial charge in [-0.2, -0.15) is 0 Å². The maximum Gasteiger partial charge on any atom is 0.360 e. The molecule has 2 aliphatic rings. The van der Waals surface area contributed by atoms with E-state index in [-0.39, 0.29) is 5.69 Å². The van der Waals surface area contributed by atoms with Crippen LogP contribution >= 0.6 is 0 Å². The van der Waals surface area contributed by atoms with Crippen molar-refractivity contribution in [3.05, 3.63) is 11.9 Å². The van der Waals surface area contributed by atoms with E-state index in [0.717, 1.165) is 11.8 Å². The molecule has 2 aliphatic heterocycles. The molecule has 1 amide bonds. The number of ether oxygens (including phenoxy) is 4. The van der Waals surface area contributed by atoms with E-state index >= 15 is 0 Å². The summed E-state index contributed by atoms with van der Waals surface area (Å²) in [5.41, 5.74) is -0.156. The Bertz CT molecular complexity index is 838. The van der Waals surface area contributed by atoms with Crippen molar-refractivity contribution in [3.8, 4) is 0 Å². The number of amides is 1. The van der Waals surface area contributed by atoms with Crippen LogP contribution in [0.15, 0.2) is 6.20 Å². The molecule has 1 aromatic heterocycles. The molecule has 186 valence electrons. The minimum Gasteiger partial charge on any atom is -0.464 e. The zero-order valence-corrected chi connectivity index (χ0v) is 18.1. The Kier molecular flexibility index (Phi) is 7.96. The first-order valence-electron chi connectivity index (χ1n) is 10.2. The van der Waals surface area contributed by atoms with Crippen LogP contribution in [0.1, 0.15) is 30.6 Å². The molecule has 6 N–H and O–H groups in total. The molecule has 0 aromatic carbocycles. The van der Waals surface area contributed by atoms with Crippen molar-refractivity contribution in [2.45, 2.75) is 75.1 Å². The lowest BCUT2D eigenvalue weighted by molar-refractivity contribution is -0.335. The molecule has 2 saturated heterocycles. The summed E-state index contributed by atoms with van der Waals surface area (Å²) in [6.45, 7) is 1.99. The highest BCUT2D eigenvalue weighted by atomic mass is 16.7. The summed E-state index contributed by atoms with van der Waals surface area (Å²) >= 11 is 0. The minimum absolute atomic E-state index is 0.156. The summed E-state index contributed by atoms with van der Waals surface area (Å²) < 4.78 is 22.5. The predicted molar refractivity (Wildman–Crippen MR) is 103 cm³/mol. The highest BCUT2D eigenvalue weighted by Gasteiger charge is 2.51. The Morgan fingerprint density at radius 1 is 1.15 bits per heavy atom. The van der Waals surface area contributed by atoms with Gasteiger partial charge in [0, 0.05) is 6.92 Å². The van der Waals surface area contributed by atoms with E-state index in [0.29, 0.717) is 0 Å². The maximum atomic E-state index is 11.8. The van der Waals surface area contributed by atoms with Crippen LogP contribution in [-0.4, -0.2) is 121 Å². The Morgan fingerprint density at radius 3 is 2.45 bits per heavy atom. The molecule has 0 spiro atoms. The first-order valence-corrected chi connectivity index (χ1v) is 10.2. The largest absolute Gasteiger partial charge is 0.464 e. The van der Waals surface area contributed by atoms with Gasteiger partial charge in [-0.15, -0.1) is 5.10 Å². The third kappa shape index (κ3) is 5.15. The standard InChI is InChI=1S/C18H28N4O11/c1-6-11(25)13(27)14(28)18(31-6)33-15-9(5-23)32-16(10(12(15)26)19-7(2)24)22-4-8(20-21-22)17(29)30-3/h4,6,9-16,18,23,25-28H,5H2,1-3H3,(H,19,24)/t6-,9+,10+,11+,12+,13+,14-,15+,16+,18-/m0/s1. The molecule has 0 bridgehead atoms. The first-order chi connectivity index (χ1) is 15.6. The molecule has 3 heterocycles. The fourth-order valence-electron chi connectivity index (χ4n) is 3.75. The van der Waals surface area contributed by atoms with Crippen LogP contribution in [0.2, 0.25) is 0 Å². The van der Waals surface area contributed by atoms with Crippen molar-refractivity contribution in [3.63, 3.8) is 0 Å². The number of methoxy groups -OCH3 is 1. The number of nitrogens with zero attached hydrogens (tertiary/aromatic N) is 3. The smallest absolute Gasteiger partial charge is 0.360 e. The number of esters is 1. The van der Waals surface area contributed by atoms with Gasteiger partial charge in [-0.3, -0.25) is 4.79 Å². The SMILES string of the molecule is COC(=O)c1cn([C@@H]2O[C@H](CO)[C@@H](O[C@@H]3O[C@@H](C)[C@@H](O)[C@@H](O)[C@@H]3O)[C@H](O)[C@H]2NC(C)=O)nn1. The van der Waals surface area contributed by atoms with Gasteiger partial charge in [-0.25, -0.2) is 9.48 Å². The minimum atomic E-state index is -1.67. The summed E-state index contributed by atoms with van der Waals surface area (Å²) in [5.74, 6) is -1.31. The fraction of sp³-hybridized carbons (Fsp3) is 0.778. The second kappa shape index (κ2) is 10.4. The lowest BCUT2D eigenvalue weighted by Gasteiger charge is -2.47. The highest BCUT2D eigenvalue weighted by Crippen LogP contribution is 2.32. The normalized spacial score (nSPS) is 39.2. The number of nitrogens with one attached hydrogen (secondary N) is 1. The maximum absolute atomic E-state index is 11.8. The van der Waals surface area contributed by atoms with Crippen LogP contribution in [0.25, 0.3) is 0 Å². The van der Waals surface area contributed by atoms with E-state index < -0.39 is 79.8 Å². The Morgan fingerprint density at radius 2 is 1.85 bits per heavy atom. The summed E-state index contributed by atoms with van der Waals surface area (Å²) in [7, 11) is 1.16. The van der Waals surface area contributed by atoms with Crippen molar-refractivity contribution in [2.24, 2.45) is 0 Å². The number of aliphatic hydroxyl groups excluding tert-OH is 5. The number of hydrogen-bond acceptors (Lipinski definition) is 13. The number of aliphatic hydroxyl groups is 5. The van der Waals surface area contributed by atoms with Gasteiger partial charge in [-0.05, 0) is 6.92 Å². The summed E-state index contributed by atoms with van der Waals surface area (Å²) in [4.78, 5) is 23.5. The molecule has 15 heteroatoms. The van der Waals surface area contributed by atoms with Crippen molar-refractivity contribution >= 4 is 11.9 Å². The summed E-state index contributed by atoms with van der Waals surface area (Å²) in [6, 6.07) is -1.20. The van der Waals surface area contributed by atoms with Crippen LogP contribution in [0.4, 0.5) is 0 Å². The van der Waals surface area contributed by atoms with Crippen molar-refractivity contribution in [2.75, 3.05) is 13.7 Å². The second-order valence-electron chi connectivity index (χ2n) is 7.82. The van der Waals surface area contributed by atoms with Crippen molar-refractivity contribution < 1.29 is 54.1 Å². The summed E-state index contributed by atoms with van der Waals surface area (Å²) in [5, 5.41) is 61.0. The Hall–Kier alpha value is -2.24. The molecule has 0 radical (unpaired) electrons. The fourth-order valence-corrected chi connectivity index (χ4v) is 3.75. The number of carbonyl (C=O) groups excluding carboxylic acids is 2. The van der Waals surface area contributed by atoms with E-state index in [1.807, 2.05) is 0 Å². The molecule has 33 heavy (non-hydrogen) atoms. The van der Waals surface area contributed by atoms with Crippen LogP contribution in [0.3, 0.4) is 0 Å². The Labute approximate surface area is 187 Å². The highest BCUT2D eigenvalue weighted by molar-refractivity contribution is 5.86. The number of rotatable bonds is 6. The number of hydrogen-bond donors (Lipinski definition) is 6. The van der Waals surface area contributed by atoms with Gasteiger partial charge in [0.15, 0.2) is 18.2 Å². The molecular formula is C18H28N4O11. The van der Waals surface area contributed by atoms with Gasteiger partial charge in [0.1, 0.15) is 42.7 Å². The zero-order chi connectivity index (χ0) is 24.4. The topological polar surface area (TPSA) is 215 Å². The first kappa shape index (κ1) is 25.4. The molecule has 0 unspecified atom stereocenters. The number of carbonyl (C=O) groups is 2. The van der Waals surface area contributed by atoms with Crippen molar-refractivity contribution in [1.29, 1.82) is 0 Å². The molecule has 10 atom stereocenters. The molecule has 0 saturated carbocycles. The van der Waals surface area contributed by atoms with E-state index in [9.17, 15) is 35.1 Å². The van der Waals surface area contributed by atoms with Crippen LogP contribution in [0, 0.1) is 0 Å². The lowest BCUT2D eigenvalue weighted by Crippen LogP contribution is -2.65. The van der Waals surface area contributed by atoms with Crippen LogP contribution in [-0.2, 0) is 23.7 Å². The molecule has 1 aromatic rings. The Balaban J connectivity index is 1.86. The molecule has 0 aliphatic carbocycles. The molecular weight excluding hydrogens is 448 g/mol. The van der Waals surface area contributed by atoms with Crippen molar-refractivity contribution in [1.82, 2.24) is 20.3 Å². The van der Waals surface area contributed by atoms with Gasteiger partial charge in [0.2, 0.25) is 5.91 Å². The van der Waals surface area contributed by atoms with E-state index in [2.05, 4.69) is 20.4 Å². The second-order valence-corrected chi connectivity index (χ2v) is 7.82. The quantitative estimate of drug-likeness (QED) is 0.216. The van der Waals surface area contributed by atoms with E-state index in [1.54, 1.807) is 0 Å². The third-order valence-corrected chi connectivity index (χ3v) is 5.51. The van der Waals surface area contributed by atoms with Gasteiger partial charge in [-0.1, -0.05) is 5.21 Å². The van der Waals surface area contributed by atoms with E-state index in [4.69, 9.17) is 14.2 Å². The van der Waals surface area contributed by atoms with Crippen LogP contribution in [0.5, 0.6) is 0 Å². The zero-order valence-electron chi connectivity index (χ0n) is 18.1. The lowest BCUT2D eigenvalue weighted by atomic mass is 9.94. The molecule has 15 nitrogen and oxygen atoms in total. The third-order valence-electron chi connectivity index (χ3n) is 5.51. The average Bonchev–Trinajstić information content (AvgIpc) is 3.27. The van der Waals surface area contributed by atoms with Gasteiger partial charge >= 0.3 is 5.97 Å². The van der Waals surface area contributed by atoms with Crippen LogP contribution < -0.4 is 5.32 Å². The van der Waals surface area contributed by atoms with Gasteiger partial charge in [0.25, 0.3) is 0 Å². The average molecular weight is 476 g/mol. The predicted octanol–water partition coefficient (Wildman–Crippen LogP) is -3.97.